The van der Waals surface area contributed by atoms with Crippen LogP contribution in [0.2, 0.25) is 0 Å². The van der Waals surface area contributed by atoms with Crippen molar-refractivity contribution >= 4 is 16.7 Å². The van der Waals surface area contributed by atoms with Crippen LogP contribution in [0, 0.1) is 6.92 Å². The lowest BCUT2D eigenvalue weighted by molar-refractivity contribution is 0.00115. The van der Waals surface area contributed by atoms with Gasteiger partial charge in [0.2, 0.25) is 5.78 Å². The van der Waals surface area contributed by atoms with E-state index in [1.807, 2.05) is 6.92 Å². The molecule has 0 aromatic heterocycles. The number of aryl methyl sites for hydroxylation is 1. The summed E-state index contributed by atoms with van der Waals surface area (Å²) in [5, 5.41) is 11.3. The molecule has 0 bridgehead atoms. The molecule has 3 rings (SSSR count). The minimum atomic E-state index is -3.65. The lowest BCUT2D eigenvalue weighted by atomic mass is 9.86. The fraction of sp³-hybridized carbons (Fsp3) is 0.136. The van der Waals surface area contributed by atoms with Crippen LogP contribution in [0.1, 0.15) is 21.5 Å². The van der Waals surface area contributed by atoms with Crippen molar-refractivity contribution in [3.05, 3.63) is 102 Å². The Labute approximate surface area is 165 Å². The Bertz CT molecular complexity index is 926. The third-order valence-electron chi connectivity index (χ3n) is 4.42. The summed E-state index contributed by atoms with van der Waals surface area (Å²) >= 11 is 0. The summed E-state index contributed by atoms with van der Waals surface area (Å²) in [6.45, 7) is 1.27. The highest BCUT2D eigenvalue weighted by atomic mass is 32.3. The number of hydrogen-bond acceptors (Lipinski definition) is 5. The second-order valence-electron chi connectivity index (χ2n) is 6.49. The van der Waals surface area contributed by atoms with E-state index in [1.165, 1.54) is 0 Å². The van der Waals surface area contributed by atoms with Gasteiger partial charge in [0.15, 0.2) is 5.60 Å². The minimum Gasteiger partial charge on any atom is -0.375 e. The summed E-state index contributed by atoms with van der Waals surface area (Å²) in [6.07, 6.45) is 0. The second kappa shape index (κ2) is 8.26. The van der Waals surface area contributed by atoms with Crippen molar-refractivity contribution in [2.24, 2.45) is 0 Å². The monoisotopic (exact) mass is 398 g/mol. The van der Waals surface area contributed by atoms with Crippen molar-refractivity contribution in [1.29, 1.82) is 0 Å². The van der Waals surface area contributed by atoms with Gasteiger partial charge in [0, 0.05) is 5.56 Å². The highest BCUT2D eigenvalue weighted by Gasteiger charge is 2.41. The largest absolute Gasteiger partial charge is 0.375 e. The Morgan fingerprint density at radius 3 is 2.00 bits per heavy atom. The molecule has 3 aromatic rings. The normalized spacial score (nSPS) is 14.3. The SMILES string of the molecule is Cc1ccc(S(O)(O)OCC(O)(C(=O)c2ccccc2)c2ccccc2)cc1. The third-order valence-corrected chi connectivity index (χ3v) is 5.76. The van der Waals surface area contributed by atoms with Crippen LogP contribution in [0.15, 0.2) is 89.8 Å². The van der Waals surface area contributed by atoms with Crippen molar-refractivity contribution in [1.82, 2.24) is 0 Å². The summed E-state index contributed by atoms with van der Waals surface area (Å²) in [4.78, 5) is 13.3. The third kappa shape index (κ3) is 4.32. The van der Waals surface area contributed by atoms with Crippen molar-refractivity contribution in [3.8, 4) is 0 Å². The molecule has 0 spiro atoms. The van der Waals surface area contributed by atoms with Gasteiger partial charge in [-0.05, 0) is 24.6 Å². The number of ketones is 1. The summed E-state index contributed by atoms with van der Waals surface area (Å²) in [7, 11) is -3.65. The first kappa shape index (κ1) is 20.3. The maximum absolute atomic E-state index is 13.1. The first-order chi connectivity index (χ1) is 13.3. The molecule has 3 aromatic carbocycles. The van der Waals surface area contributed by atoms with Crippen LogP contribution in [0.5, 0.6) is 0 Å². The predicted octanol–water partition coefficient (Wildman–Crippen LogP) is 4.81. The maximum Gasteiger partial charge on any atom is 0.201 e. The summed E-state index contributed by atoms with van der Waals surface area (Å²) in [6, 6.07) is 23.2. The van der Waals surface area contributed by atoms with Crippen LogP contribution < -0.4 is 0 Å². The molecule has 3 N–H and O–H groups in total. The molecule has 0 saturated carbocycles. The van der Waals surface area contributed by atoms with Gasteiger partial charge in [0.1, 0.15) is 17.5 Å². The summed E-state index contributed by atoms with van der Waals surface area (Å²) < 4.78 is 26.2. The van der Waals surface area contributed by atoms with Gasteiger partial charge >= 0.3 is 0 Å². The molecular formula is C22H22O5S. The maximum atomic E-state index is 13.1. The number of carbonyl (C=O) groups excluding carboxylic acids is 1. The lowest BCUT2D eigenvalue weighted by Gasteiger charge is -2.33. The number of Topliss-reactive ketones (excluding diaryl/α,β-unsaturated/α-hetero) is 1. The van der Waals surface area contributed by atoms with Gasteiger partial charge < -0.3 is 14.2 Å². The van der Waals surface area contributed by atoms with Gasteiger partial charge in [-0.25, -0.2) is 0 Å². The smallest absolute Gasteiger partial charge is 0.201 e. The van der Waals surface area contributed by atoms with Crippen LogP contribution in [0.25, 0.3) is 0 Å². The van der Waals surface area contributed by atoms with E-state index in [9.17, 15) is 19.0 Å². The van der Waals surface area contributed by atoms with Crippen LogP contribution in [0.3, 0.4) is 0 Å². The molecule has 6 heteroatoms. The van der Waals surface area contributed by atoms with Crippen molar-refractivity contribution in [2.45, 2.75) is 17.4 Å². The molecule has 0 heterocycles. The molecular weight excluding hydrogens is 376 g/mol. The highest BCUT2D eigenvalue weighted by Crippen LogP contribution is 2.50. The molecule has 0 aliphatic carbocycles. The number of benzene rings is 3. The first-order valence-corrected chi connectivity index (χ1v) is 10.2. The van der Waals surface area contributed by atoms with E-state index in [1.54, 1.807) is 84.9 Å². The van der Waals surface area contributed by atoms with E-state index in [2.05, 4.69) is 0 Å². The van der Waals surface area contributed by atoms with E-state index in [-0.39, 0.29) is 4.90 Å². The standard InChI is InChI=1S/C22H22O5S/c1-17-12-14-20(15-13-17)28(25,26)27-16-22(24,19-10-6-3-7-11-19)21(23)18-8-4-2-5-9-18/h2-15,24-26H,16H2,1H3. The molecule has 0 fully saturated rings. The van der Waals surface area contributed by atoms with Gasteiger partial charge in [0.25, 0.3) is 0 Å². The van der Waals surface area contributed by atoms with Crippen LogP contribution in [-0.4, -0.2) is 26.6 Å². The van der Waals surface area contributed by atoms with E-state index in [4.69, 9.17) is 4.18 Å². The lowest BCUT2D eigenvalue weighted by Crippen LogP contribution is -2.40. The van der Waals surface area contributed by atoms with Gasteiger partial charge in [-0.3, -0.25) is 8.98 Å². The number of hydrogen-bond donors (Lipinski definition) is 3. The number of carbonyl (C=O) groups is 1. The Morgan fingerprint density at radius 1 is 0.893 bits per heavy atom. The molecule has 28 heavy (non-hydrogen) atoms. The van der Waals surface area contributed by atoms with Crippen molar-refractivity contribution in [2.75, 3.05) is 6.61 Å². The van der Waals surface area contributed by atoms with Crippen LogP contribution >= 0.6 is 10.9 Å². The second-order valence-corrected chi connectivity index (χ2v) is 8.19. The van der Waals surface area contributed by atoms with E-state index >= 15 is 0 Å². The summed E-state index contributed by atoms with van der Waals surface area (Å²) in [5.74, 6) is -0.585. The van der Waals surface area contributed by atoms with Crippen molar-refractivity contribution < 1.29 is 23.2 Å². The number of aliphatic hydroxyl groups is 1. The topological polar surface area (TPSA) is 87.0 Å². The van der Waals surface area contributed by atoms with E-state index in [0.29, 0.717) is 11.1 Å². The average molecular weight is 398 g/mol. The van der Waals surface area contributed by atoms with E-state index < -0.39 is 28.9 Å². The zero-order chi connectivity index (χ0) is 20.2. The number of rotatable bonds is 7. The van der Waals surface area contributed by atoms with Crippen molar-refractivity contribution in [3.63, 3.8) is 0 Å². The zero-order valence-electron chi connectivity index (χ0n) is 15.4. The molecule has 0 aliphatic rings. The quantitative estimate of drug-likeness (QED) is 0.497. The molecule has 0 radical (unpaired) electrons. The zero-order valence-corrected chi connectivity index (χ0v) is 16.2. The molecule has 5 nitrogen and oxygen atoms in total. The Hall–Kier alpha value is -2.48. The molecule has 0 aliphatic heterocycles. The Morgan fingerprint density at radius 2 is 1.43 bits per heavy atom. The molecule has 146 valence electrons. The molecule has 0 amide bonds. The predicted molar refractivity (Wildman–Crippen MR) is 109 cm³/mol. The molecule has 0 saturated heterocycles. The highest BCUT2D eigenvalue weighted by molar-refractivity contribution is 8.20. The molecule has 1 unspecified atom stereocenters. The van der Waals surface area contributed by atoms with Gasteiger partial charge in [-0.2, -0.15) is 0 Å². The molecule has 1 atom stereocenters. The minimum absolute atomic E-state index is 0.181. The summed E-state index contributed by atoms with van der Waals surface area (Å²) in [5.41, 5.74) is -0.511. The fourth-order valence-electron chi connectivity index (χ4n) is 2.77. The van der Waals surface area contributed by atoms with Gasteiger partial charge in [-0.15, -0.1) is 0 Å². The average Bonchev–Trinajstić information content (AvgIpc) is 2.73. The van der Waals surface area contributed by atoms with Gasteiger partial charge in [0.05, 0.1) is 4.90 Å². The van der Waals surface area contributed by atoms with Gasteiger partial charge in [-0.1, -0.05) is 78.4 Å². The Kier molecular flexibility index (Phi) is 5.98. The van der Waals surface area contributed by atoms with Crippen LogP contribution in [-0.2, 0) is 9.78 Å². The van der Waals surface area contributed by atoms with Crippen LogP contribution in [0.4, 0.5) is 0 Å². The first-order valence-electron chi connectivity index (χ1n) is 8.70. The van der Waals surface area contributed by atoms with E-state index in [0.717, 1.165) is 5.56 Å². The Balaban J connectivity index is 1.92. The fourth-order valence-corrected chi connectivity index (χ4v) is 3.73.